The van der Waals surface area contributed by atoms with Crippen LogP contribution in [0.15, 0.2) is 18.2 Å². The fourth-order valence-corrected chi connectivity index (χ4v) is 1.79. The van der Waals surface area contributed by atoms with Crippen molar-refractivity contribution in [1.29, 1.82) is 0 Å². The molecule has 1 atom stereocenters. The second-order valence-electron chi connectivity index (χ2n) is 4.04. The Morgan fingerprint density at radius 3 is 2.94 bits per heavy atom. The maximum atomic E-state index is 12.9. The molecule has 1 unspecified atom stereocenters. The summed E-state index contributed by atoms with van der Waals surface area (Å²) in [6.07, 6.45) is 1.04. The average Bonchev–Trinajstić information content (AvgIpc) is 2.35. The van der Waals surface area contributed by atoms with Gasteiger partial charge in [0.1, 0.15) is 0 Å². The van der Waals surface area contributed by atoms with Gasteiger partial charge in [-0.1, -0.05) is 0 Å². The first-order valence-electron chi connectivity index (χ1n) is 5.77. The van der Waals surface area contributed by atoms with Gasteiger partial charge in [0.05, 0.1) is 12.7 Å². The van der Waals surface area contributed by atoms with E-state index in [1.165, 1.54) is 6.07 Å². The largest absolute Gasteiger partial charge is 0.385 e. The summed E-state index contributed by atoms with van der Waals surface area (Å²) in [5.74, 6) is -1.65. The van der Waals surface area contributed by atoms with E-state index < -0.39 is 11.6 Å². The zero-order valence-corrected chi connectivity index (χ0v) is 9.51. The average molecular weight is 242 g/mol. The van der Waals surface area contributed by atoms with Gasteiger partial charge in [0.2, 0.25) is 0 Å². The molecule has 0 spiro atoms. The number of rotatable bonds is 4. The van der Waals surface area contributed by atoms with Crippen molar-refractivity contribution < 1.29 is 13.5 Å². The first-order chi connectivity index (χ1) is 8.25. The molecule has 0 aromatic heterocycles. The molecule has 1 fully saturated rings. The second kappa shape index (κ2) is 5.93. The highest BCUT2D eigenvalue weighted by Gasteiger charge is 2.12. The number of anilines is 1. The fraction of sp³-hybridized carbons (Fsp3) is 0.500. The van der Waals surface area contributed by atoms with E-state index in [0.29, 0.717) is 12.2 Å². The van der Waals surface area contributed by atoms with E-state index >= 15 is 0 Å². The van der Waals surface area contributed by atoms with Crippen molar-refractivity contribution in [2.45, 2.75) is 12.5 Å². The number of morpholine rings is 1. The molecule has 2 rings (SSSR count). The lowest BCUT2D eigenvalue weighted by Crippen LogP contribution is -2.39. The molecule has 1 heterocycles. The Bertz CT molecular complexity index is 368. The number of halogens is 2. The van der Waals surface area contributed by atoms with Crippen molar-refractivity contribution in [2.75, 3.05) is 31.6 Å². The minimum atomic E-state index is -0.828. The number of benzene rings is 1. The van der Waals surface area contributed by atoms with Crippen molar-refractivity contribution in [3.05, 3.63) is 29.8 Å². The molecule has 17 heavy (non-hydrogen) atoms. The van der Waals surface area contributed by atoms with Crippen molar-refractivity contribution in [2.24, 2.45) is 0 Å². The lowest BCUT2D eigenvalue weighted by Gasteiger charge is -2.23. The summed E-state index contributed by atoms with van der Waals surface area (Å²) < 4.78 is 31.1. The lowest BCUT2D eigenvalue weighted by atomic mass is 10.2. The van der Waals surface area contributed by atoms with Crippen LogP contribution in [0.2, 0.25) is 0 Å². The van der Waals surface area contributed by atoms with Crippen molar-refractivity contribution in [3.8, 4) is 0 Å². The molecule has 1 saturated heterocycles. The van der Waals surface area contributed by atoms with Crippen LogP contribution in [0.3, 0.4) is 0 Å². The molecule has 94 valence electrons. The van der Waals surface area contributed by atoms with Gasteiger partial charge in [0, 0.05) is 25.3 Å². The number of hydrogen-bond acceptors (Lipinski definition) is 3. The van der Waals surface area contributed by atoms with Gasteiger partial charge in [-0.25, -0.2) is 8.78 Å². The van der Waals surface area contributed by atoms with Crippen molar-refractivity contribution >= 4 is 5.69 Å². The van der Waals surface area contributed by atoms with E-state index in [0.717, 1.165) is 38.2 Å². The minimum Gasteiger partial charge on any atom is -0.385 e. The van der Waals surface area contributed by atoms with E-state index in [1.807, 2.05) is 0 Å². The molecular formula is C12H16F2N2O. The normalized spacial score (nSPS) is 20.2. The molecule has 0 radical (unpaired) electrons. The van der Waals surface area contributed by atoms with Crippen LogP contribution in [0.4, 0.5) is 14.5 Å². The zero-order chi connectivity index (χ0) is 12.1. The summed E-state index contributed by atoms with van der Waals surface area (Å²) in [5.41, 5.74) is 0.590. The predicted molar refractivity (Wildman–Crippen MR) is 62.1 cm³/mol. The smallest absolute Gasteiger partial charge is 0.160 e. The van der Waals surface area contributed by atoms with Crippen LogP contribution in [-0.2, 0) is 4.74 Å². The van der Waals surface area contributed by atoms with Crippen LogP contribution < -0.4 is 10.6 Å². The van der Waals surface area contributed by atoms with Gasteiger partial charge >= 0.3 is 0 Å². The SMILES string of the molecule is Fc1ccc(NCCC2CNCCO2)cc1F. The Labute approximate surface area is 99.2 Å². The number of ether oxygens (including phenoxy) is 1. The molecule has 1 aliphatic rings. The Kier molecular flexibility index (Phi) is 4.28. The van der Waals surface area contributed by atoms with E-state index in [2.05, 4.69) is 10.6 Å². The van der Waals surface area contributed by atoms with E-state index in [4.69, 9.17) is 4.74 Å². The molecule has 5 heteroatoms. The van der Waals surface area contributed by atoms with E-state index in [-0.39, 0.29) is 6.10 Å². The van der Waals surface area contributed by atoms with Crippen LogP contribution in [0.25, 0.3) is 0 Å². The Morgan fingerprint density at radius 2 is 2.24 bits per heavy atom. The third-order valence-corrected chi connectivity index (χ3v) is 2.72. The van der Waals surface area contributed by atoms with Crippen molar-refractivity contribution in [1.82, 2.24) is 5.32 Å². The third-order valence-electron chi connectivity index (χ3n) is 2.72. The molecule has 2 N–H and O–H groups in total. The Hall–Kier alpha value is -1.20. The van der Waals surface area contributed by atoms with Gasteiger partial charge in [-0.3, -0.25) is 0 Å². The second-order valence-corrected chi connectivity index (χ2v) is 4.04. The summed E-state index contributed by atoms with van der Waals surface area (Å²) in [5, 5.41) is 6.28. The van der Waals surface area contributed by atoms with Gasteiger partial charge in [-0.2, -0.15) is 0 Å². The number of hydrogen-bond donors (Lipinski definition) is 2. The Balaban J connectivity index is 1.75. The monoisotopic (exact) mass is 242 g/mol. The third kappa shape index (κ3) is 3.64. The van der Waals surface area contributed by atoms with Crippen LogP contribution in [0.5, 0.6) is 0 Å². The number of nitrogens with one attached hydrogen (secondary N) is 2. The first-order valence-corrected chi connectivity index (χ1v) is 5.77. The molecular weight excluding hydrogens is 226 g/mol. The lowest BCUT2D eigenvalue weighted by molar-refractivity contribution is 0.0258. The highest BCUT2D eigenvalue weighted by atomic mass is 19.2. The summed E-state index contributed by atoms with van der Waals surface area (Å²) in [6.45, 7) is 3.15. The van der Waals surface area contributed by atoms with Crippen LogP contribution in [0.1, 0.15) is 6.42 Å². The topological polar surface area (TPSA) is 33.3 Å². The van der Waals surface area contributed by atoms with Gasteiger partial charge in [-0.05, 0) is 24.6 Å². The van der Waals surface area contributed by atoms with E-state index in [1.54, 1.807) is 0 Å². The van der Waals surface area contributed by atoms with Gasteiger partial charge < -0.3 is 15.4 Å². The van der Waals surface area contributed by atoms with Gasteiger partial charge in [-0.15, -0.1) is 0 Å². The van der Waals surface area contributed by atoms with Crippen LogP contribution in [0, 0.1) is 11.6 Å². The van der Waals surface area contributed by atoms with Crippen molar-refractivity contribution in [3.63, 3.8) is 0 Å². The minimum absolute atomic E-state index is 0.196. The molecule has 0 bridgehead atoms. The fourth-order valence-electron chi connectivity index (χ4n) is 1.79. The maximum absolute atomic E-state index is 12.9. The standard InChI is InChI=1S/C12H16F2N2O/c13-11-2-1-9(7-12(11)14)16-4-3-10-8-15-5-6-17-10/h1-2,7,10,15-16H,3-6,8H2. The quantitative estimate of drug-likeness (QED) is 0.844. The van der Waals surface area contributed by atoms with E-state index in [9.17, 15) is 8.78 Å². The summed E-state index contributed by atoms with van der Waals surface area (Å²) in [4.78, 5) is 0. The molecule has 1 aliphatic heterocycles. The highest BCUT2D eigenvalue weighted by molar-refractivity contribution is 5.43. The van der Waals surface area contributed by atoms with Gasteiger partial charge in [0.15, 0.2) is 11.6 Å². The molecule has 0 saturated carbocycles. The summed E-state index contributed by atoms with van der Waals surface area (Å²) in [7, 11) is 0. The molecule has 1 aromatic carbocycles. The highest BCUT2D eigenvalue weighted by Crippen LogP contribution is 2.13. The zero-order valence-electron chi connectivity index (χ0n) is 9.51. The summed E-state index contributed by atoms with van der Waals surface area (Å²) >= 11 is 0. The maximum Gasteiger partial charge on any atom is 0.160 e. The molecule has 3 nitrogen and oxygen atoms in total. The molecule has 0 aliphatic carbocycles. The molecule has 1 aromatic rings. The Morgan fingerprint density at radius 1 is 1.35 bits per heavy atom. The predicted octanol–water partition coefficient (Wildman–Crippen LogP) is 1.76. The van der Waals surface area contributed by atoms with Crippen LogP contribution >= 0.6 is 0 Å². The van der Waals surface area contributed by atoms with Crippen LogP contribution in [-0.4, -0.2) is 32.3 Å². The van der Waals surface area contributed by atoms with Gasteiger partial charge in [0.25, 0.3) is 0 Å². The molecule has 0 amide bonds. The summed E-state index contributed by atoms with van der Waals surface area (Å²) in [6, 6.07) is 3.81. The first kappa shape index (κ1) is 12.3.